The molecule has 1 aromatic carbocycles. The topological polar surface area (TPSA) is 73.1 Å². The van der Waals surface area contributed by atoms with E-state index in [-0.39, 0.29) is 12.5 Å². The van der Waals surface area contributed by atoms with Crippen LogP contribution >= 0.6 is 23.1 Å². The molecular formula is C19H22ClN5O2S. The third-order valence-electron chi connectivity index (χ3n) is 4.04. The Hall–Kier alpha value is -2.29. The van der Waals surface area contributed by atoms with Gasteiger partial charge < -0.3 is 9.64 Å². The number of halogens is 1. The second-order valence-corrected chi connectivity index (χ2v) is 7.85. The standard InChI is InChI=1S/C19H22ClN5O2S/c1-12-6-5-7-14(10-12)19-21-18(23-28-19)17-16(20)13(2)22-25(17)11-15(26)27-9-8-24(3)4/h5-7,10H,8-9,11H2,1-4H3. The first-order valence-corrected chi connectivity index (χ1v) is 9.94. The van der Waals surface area contributed by atoms with Crippen molar-refractivity contribution in [1.29, 1.82) is 0 Å². The predicted octanol–water partition coefficient (Wildman–Crippen LogP) is 3.44. The van der Waals surface area contributed by atoms with Crippen LogP contribution in [-0.4, -0.2) is 57.3 Å². The molecule has 0 aliphatic rings. The molecule has 0 bridgehead atoms. The Kier molecular flexibility index (Phi) is 6.43. The second kappa shape index (κ2) is 8.81. The Morgan fingerprint density at radius 2 is 2.11 bits per heavy atom. The SMILES string of the molecule is Cc1cccc(-c2nc(-c3c(Cl)c(C)nn3CC(=O)OCCN(C)C)ns2)c1. The van der Waals surface area contributed by atoms with E-state index in [4.69, 9.17) is 16.3 Å². The van der Waals surface area contributed by atoms with Gasteiger partial charge >= 0.3 is 5.97 Å². The lowest BCUT2D eigenvalue weighted by Crippen LogP contribution is -2.22. The molecule has 0 fully saturated rings. The van der Waals surface area contributed by atoms with Crippen LogP contribution < -0.4 is 0 Å². The van der Waals surface area contributed by atoms with E-state index in [9.17, 15) is 4.79 Å². The van der Waals surface area contributed by atoms with Gasteiger partial charge in [-0.05, 0) is 45.5 Å². The third kappa shape index (κ3) is 4.76. The molecule has 3 aromatic rings. The van der Waals surface area contributed by atoms with Gasteiger partial charge in [-0.3, -0.25) is 4.79 Å². The Labute approximate surface area is 173 Å². The van der Waals surface area contributed by atoms with Crippen molar-refractivity contribution in [2.75, 3.05) is 27.2 Å². The maximum atomic E-state index is 12.2. The van der Waals surface area contributed by atoms with E-state index in [1.807, 2.05) is 44.1 Å². The van der Waals surface area contributed by atoms with Gasteiger partial charge in [0.25, 0.3) is 0 Å². The number of carbonyl (C=O) groups excluding carboxylic acids is 1. The molecule has 0 aliphatic heterocycles. The zero-order valence-electron chi connectivity index (χ0n) is 16.3. The summed E-state index contributed by atoms with van der Waals surface area (Å²) in [5.41, 5.74) is 3.28. The first kappa shape index (κ1) is 20.4. The largest absolute Gasteiger partial charge is 0.463 e. The fourth-order valence-corrected chi connectivity index (χ4v) is 3.49. The van der Waals surface area contributed by atoms with Gasteiger partial charge in [0.1, 0.15) is 23.9 Å². The number of hydrogen-bond acceptors (Lipinski definition) is 7. The van der Waals surface area contributed by atoms with Crippen molar-refractivity contribution in [3.05, 3.63) is 40.5 Å². The Morgan fingerprint density at radius 1 is 1.32 bits per heavy atom. The van der Waals surface area contributed by atoms with E-state index < -0.39 is 0 Å². The summed E-state index contributed by atoms with van der Waals surface area (Å²) in [5, 5.41) is 5.59. The molecule has 0 saturated carbocycles. The number of benzene rings is 1. The van der Waals surface area contributed by atoms with Crippen molar-refractivity contribution in [2.24, 2.45) is 0 Å². The predicted molar refractivity (Wildman–Crippen MR) is 111 cm³/mol. The molecule has 2 aromatic heterocycles. The van der Waals surface area contributed by atoms with E-state index in [0.29, 0.717) is 35.4 Å². The lowest BCUT2D eigenvalue weighted by molar-refractivity contribution is -0.144. The maximum absolute atomic E-state index is 12.2. The van der Waals surface area contributed by atoms with Crippen molar-refractivity contribution in [3.8, 4) is 22.1 Å². The van der Waals surface area contributed by atoms with Crippen LogP contribution in [-0.2, 0) is 16.1 Å². The zero-order chi connectivity index (χ0) is 20.3. The summed E-state index contributed by atoms with van der Waals surface area (Å²) < 4.78 is 11.2. The zero-order valence-corrected chi connectivity index (χ0v) is 17.8. The van der Waals surface area contributed by atoms with Crippen LogP contribution in [0.4, 0.5) is 0 Å². The van der Waals surface area contributed by atoms with Gasteiger partial charge in [-0.1, -0.05) is 35.4 Å². The van der Waals surface area contributed by atoms with Gasteiger partial charge in [-0.2, -0.15) is 9.47 Å². The lowest BCUT2D eigenvalue weighted by Gasteiger charge is -2.10. The van der Waals surface area contributed by atoms with Crippen LogP contribution in [0.15, 0.2) is 24.3 Å². The van der Waals surface area contributed by atoms with Gasteiger partial charge in [-0.15, -0.1) is 0 Å². The quantitative estimate of drug-likeness (QED) is 0.546. The molecule has 0 N–H and O–H groups in total. The Bertz CT molecular complexity index is 983. The van der Waals surface area contributed by atoms with Crippen molar-refractivity contribution in [1.82, 2.24) is 24.0 Å². The van der Waals surface area contributed by atoms with Crippen molar-refractivity contribution >= 4 is 29.1 Å². The highest BCUT2D eigenvalue weighted by atomic mass is 35.5. The molecule has 2 heterocycles. The molecule has 0 spiro atoms. The number of ether oxygens (including phenoxy) is 1. The first-order chi connectivity index (χ1) is 13.3. The van der Waals surface area contributed by atoms with Gasteiger partial charge in [-0.25, -0.2) is 9.67 Å². The highest BCUT2D eigenvalue weighted by molar-refractivity contribution is 7.09. The molecule has 0 amide bonds. The van der Waals surface area contributed by atoms with Crippen molar-refractivity contribution in [3.63, 3.8) is 0 Å². The number of aryl methyl sites for hydroxylation is 2. The van der Waals surface area contributed by atoms with Crippen LogP contribution in [0.25, 0.3) is 22.1 Å². The van der Waals surface area contributed by atoms with Crippen LogP contribution in [0.2, 0.25) is 5.02 Å². The van der Waals surface area contributed by atoms with Gasteiger partial charge in [0.2, 0.25) is 0 Å². The molecule has 7 nitrogen and oxygen atoms in total. The van der Waals surface area contributed by atoms with Crippen molar-refractivity contribution in [2.45, 2.75) is 20.4 Å². The minimum atomic E-state index is -0.378. The Balaban J connectivity index is 1.84. The van der Waals surface area contributed by atoms with E-state index in [0.717, 1.165) is 16.1 Å². The highest BCUT2D eigenvalue weighted by Crippen LogP contribution is 2.32. The number of rotatable bonds is 7. The average molecular weight is 420 g/mol. The number of likely N-dealkylation sites (N-methyl/N-ethyl adjacent to an activating group) is 1. The monoisotopic (exact) mass is 419 g/mol. The van der Waals surface area contributed by atoms with Gasteiger partial charge in [0.15, 0.2) is 5.82 Å². The smallest absolute Gasteiger partial charge is 0.327 e. The highest BCUT2D eigenvalue weighted by Gasteiger charge is 2.22. The number of aromatic nitrogens is 4. The second-order valence-electron chi connectivity index (χ2n) is 6.72. The van der Waals surface area contributed by atoms with Crippen LogP contribution in [0, 0.1) is 13.8 Å². The minimum Gasteiger partial charge on any atom is -0.463 e. The van der Waals surface area contributed by atoms with E-state index in [1.165, 1.54) is 16.2 Å². The molecule has 0 saturated heterocycles. The fourth-order valence-electron chi connectivity index (χ4n) is 2.61. The van der Waals surface area contributed by atoms with Crippen LogP contribution in [0.3, 0.4) is 0 Å². The molecule has 0 atom stereocenters. The molecule has 0 unspecified atom stereocenters. The summed E-state index contributed by atoms with van der Waals surface area (Å²) in [4.78, 5) is 18.7. The molecule has 148 valence electrons. The molecule has 0 aliphatic carbocycles. The summed E-state index contributed by atoms with van der Waals surface area (Å²) in [6, 6.07) is 8.06. The van der Waals surface area contributed by atoms with E-state index in [2.05, 4.69) is 20.5 Å². The normalized spacial score (nSPS) is 11.2. The lowest BCUT2D eigenvalue weighted by atomic mass is 10.1. The number of carbonyl (C=O) groups is 1. The van der Waals surface area contributed by atoms with E-state index in [1.54, 1.807) is 6.92 Å². The molecular weight excluding hydrogens is 398 g/mol. The summed E-state index contributed by atoms with van der Waals surface area (Å²) in [6.07, 6.45) is 0. The summed E-state index contributed by atoms with van der Waals surface area (Å²) in [7, 11) is 3.84. The molecule has 28 heavy (non-hydrogen) atoms. The molecule has 0 radical (unpaired) electrons. The number of esters is 1. The Morgan fingerprint density at radius 3 is 2.82 bits per heavy atom. The minimum absolute atomic E-state index is 0.0463. The maximum Gasteiger partial charge on any atom is 0.327 e. The molecule has 3 rings (SSSR count). The van der Waals surface area contributed by atoms with Crippen LogP contribution in [0.1, 0.15) is 11.3 Å². The fraction of sp³-hybridized carbons (Fsp3) is 0.368. The van der Waals surface area contributed by atoms with Crippen molar-refractivity contribution < 1.29 is 9.53 Å². The van der Waals surface area contributed by atoms with E-state index >= 15 is 0 Å². The van der Waals surface area contributed by atoms with Gasteiger partial charge in [0, 0.05) is 12.1 Å². The average Bonchev–Trinajstić information content (AvgIpc) is 3.20. The summed E-state index contributed by atoms with van der Waals surface area (Å²) in [6.45, 7) is 4.75. The number of hydrogen-bond donors (Lipinski definition) is 0. The number of nitrogens with zero attached hydrogens (tertiary/aromatic N) is 5. The summed E-state index contributed by atoms with van der Waals surface area (Å²) >= 11 is 7.73. The van der Waals surface area contributed by atoms with Crippen LogP contribution in [0.5, 0.6) is 0 Å². The first-order valence-electron chi connectivity index (χ1n) is 8.79. The third-order valence-corrected chi connectivity index (χ3v) is 5.25. The van der Waals surface area contributed by atoms with Gasteiger partial charge in [0.05, 0.1) is 10.7 Å². The summed E-state index contributed by atoms with van der Waals surface area (Å²) in [5.74, 6) is 0.0737. The molecule has 9 heteroatoms.